The summed E-state index contributed by atoms with van der Waals surface area (Å²) in [6, 6.07) is 0. The van der Waals surface area contributed by atoms with Gasteiger partial charge < -0.3 is 0 Å². The van der Waals surface area contributed by atoms with Crippen LogP contribution in [0.4, 0.5) is 0 Å². The van der Waals surface area contributed by atoms with Gasteiger partial charge in [0, 0.05) is 48.8 Å². The summed E-state index contributed by atoms with van der Waals surface area (Å²) in [6.07, 6.45) is 0. The third kappa shape index (κ3) is 47.1. The van der Waals surface area contributed by atoms with Crippen molar-refractivity contribution in [2.24, 2.45) is 5.92 Å². The number of hydrogen-bond acceptors (Lipinski definition) is 11. The van der Waals surface area contributed by atoms with E-state index in [1.54, 1.807) is 0 Å². The molecule has 0 aromatic rings. The summed E-state index contributed by atoms with van der Waals surface area (Å²) in [4.78, 5) is 0. The normalized spacial score (nSPS) is 10.1. The first kappa shape index (κ1) is 65.2. The fourth-order valence-corrected chi connectivity index (χ4v) is 8.67. The van der Waals surface area contributed by atoms with Crippen LogP contribution in [0.25, 0.3) is 0 Å². The molecule has 0 nitrogen and oxygen atoms in total. The summed E-state index contributed by atoms with van der Waals surface area (Å²) in [6.45, 7) is 0. The summed E-state index contributed by atoms with van der Waals surface area (Å²) < 4.78 is 0. The van der Waals surface area contributed by atoms with Crippen LogP contribution in [0.5, 0.6) is 0 Å². The van der Waals surface area contributed by atoms with Crippen LogP contribution in [0.1, 0.15) is 59.4 Å². The van der Waals surface area contributed by atoms with Gasteiger partial charge in [-0.3, -0.25) is 0 Å². The third-order valence-electron chi connectivity index (χ3n) is 2.60. The highest BCUT2D eigenvalue weighted by molar-refractivity contribution is 8.12. The SMILES string of the molecule is C.C.C.C.C.C.C.C.SCSC(CS)CSCC(CS)CS.SCSCC(CS)SCS. The third-order valence-corrected chi connectivity index (χ3v) is 10.9. The summed E-state index contributed by atoms with van der Waals surface area (Å²) in [7, 11) is 0. The van der Waals surface area contributed by atoms with Crippen molar-refractivity contribution < 1.29 is 0 Å². The first-order valence-electron chi connectivity index (χ1n) is 7.27. The highest BCUT2D eigenvalue weighted by Crippen LogP contribution is 2.21. The van der Waals surface area contributed by atoms with Gasteiger partial charge in [0.2, 0.25) is 0 Å². The minimum absolute atomic E-state index is 0. The second kappa shape index (κ2) is 55.4. The average molecular weight is 667 g/mol. The molecule has 212 valence electrons. The van der Waals surface area contributed by atoms with Crippen molar-refractivity contribution in [3.63, 3.8) is 0 Å². The lowest BCUT2D eigenvalue weighted by Gasteiger charge is -2.15. The lowest BCUT2D eigenvalue weighted by molar-refractivity contribution is 0.783. The van der Waals surface area contributed by atoms with E-state index in [1.165, 1.54) is 0 Å². The van der Waals surface area contributed by atoms with E-state index in [4.69, 9.17) is 0 Å². The van der Waals surface area contributed by atoms with Crippen LogP contribution in [-0.4, -0.2) is 66.0 Å². The molecule has 0 N–H and O–H groups in total. The summed E-state index contributed by atoms with van der Waals surface area (Å²) in [5, 5.41) is 3.93. The van der Waals surface area contributed by atoms with Gasteiger partial charge in [-0.05, 0) is 23.2 Å². The van der Waals surface area contributed by atoms with Crippen molar-refractivity contribution in [2.45, 2.75) is 69.9 Å². The van der Waals surface area contributed by atoms with Crippen LogP contribution in [-0.2, 0) is 0 Å². The number of thioether (sulfide) groups is 4. The van der Waals surface area contributed by atoms with E-state index in [-0.39, 0.29) is 59.4 Å². The Bertz CT molecular complexity index is 234. The van der Waals surface area contributed by atoms with E-state index < -0.39 is 0 Å². The first-order valence-corrected chi connectivity index (χ1v) is 16.1. The van der Waals surface area contributed by atoms with Crippen LogP contribution in [0, 0.1) is 5.92 Å². The Hall–Kier alpha value is 3.85. The first-order chi connectivity index (χ1) is 11.6. The number of thiol groups is 7. The maximum Gasteiger partial charge on any atom is 0.0365 e. The predicted octanol–water partition coefficient (Wildman–Crippen LogP) is 10.7. The van der Waals surface area contributed by atoms with Gasteiger partial charge in [-0.1, -0.05) is 59.4 Å². The molecule has 0 amide bonds. The Morgan fingerprint density at radius 1 is 0.406 bits per heavy atom. The molecule has 0 aromatic heterocycles. The zero-order valence-corrected chi connectivity index (χ0v) is 23.1. The van der Waals surface area contributed by atoms with E-state index in [0.29, 0.717) is 16.4 Å². The van der Waals surface area contributed by atoms with Gasteiger partial charge in [0.05, 0.1) is 0 Å². The van der Waals surface area contributed by atoms with Gasteiger partial charge in [0.25, 0.3) is 0 Å². The maximum atomic E-state index is 4.32. The van der Waals surface area contributed by atoms with E-state index in [0.717, 1.165) is 55.5 Å². The predicted molar refractivity (Wildman–Crippen MR) is 207 cm³/mol. The van der Waals surface area contributed by atoms with Crippen molar-refractivity contribution in [3.05, 3.63) is 0 Å². The molecule has 0 radical (unpaired) electrons. The molecule has 0 aliphatic heterocycles. The quantitative estimate of drug-likeness (QED) is 0.0686. The van der Waals surface area contributed by atoms with Crippen LogP contribution >= 0.6 is 135 Å². The Labute approximate surface area is 264 Å². The van der Waals surface area contributed by atoms with Gasteiger partial charge in [-0.15, -0.1) is 23.5 Å². The number of rotatable bonds is 15. The average Bonchev–Trinajstić information content (AvgIpc) is 2.61. The molecule has 2 unspecified atom stereocenters. The summed E-state index contributed by atoms with van der Waals surface area (Å²) in [5.74, 6) is 7.82. The Kier molecular flexibility index (Phi) is 113. The number of hydrogen-bond donors (Lipinski definition) is 7. The van der Waals surface area contributed by atoms with Gasteiger partial charge in [0.1, 0.15) is 0 Å². The van der Waals surface area contributed by atoms with Crippen LogP contribution < -0.4 is 0 Å². The van der Waals surface area contributed by atoms with Crippen molar-refractivity contribution in [1.29, 1.82) is 0 Å². The summed E-state index contributed by atoms with van der Waals surface area (Å²) in [5.41, 5.74) is 0. The molecule has 0 aliphatic carbocycles. The molecule has 0 saturated carbocycles. The molecule has 0 heterocycles. The molecule has 2 atom stereocenters. The van der Waals surface area contributed by atoms with Crippen LogP contribution in [0.2, 0.25) is 0 Å². The largest absolute Gasteiger partial charge is 0.179 e. The molecule has 0 fully saturated rings. The molecule has 32 heavy (non-hydrogen) atoms. The molecule has 0 saturated heterocycles. The van der Waals surface area contributed by atoms with E-state index in [9.17, 15) is 0 Å². The van der Waals surface area contributed by atoms with Crippen molar-refractivity contribution >= 4 is 135 Å². The second-order valence-electron chi connectivity index (χ2n) is 4.47. The van der Waals surface area contributed by atoms with Gasteiger partial charge >= 0.3 is 0 Å². The topological polar surface area (TPSA) is 0 Å². The van der Waals surface area contributed by atoms with Gasteiger partial charge in [-0.2, -0.15) is 112 Å². The molecule has 0 rings (SSSR count). The molecular weight excluding hydrogens is 605 g/mol. The smallest absolute Gasteiger partial charge is 0.0365 e. The zero-order valence-electron chi connectivity index (χ0n) is 13.6. The van der Waals surface area contributed by atoms with Gasteiger partial charge in [-0.25, -0.2) is 0 Å². The van der Waals surface area contributed by atoms with Crippen molar-refractivity contribution in [2.75, 3.05) is 55.5 Å². The van der Waals surface area contributed by atoms with Gasteiger partial charge in [0.15, 0.2) is 0 Å². The van der Waals surface area contributed by atoms with E-state index in [2.05, 4.69) is 88.4 Å². The lowest BCUT2D eigenvalue weighted by Crippen LogP contribution is -2.13. The van der Waals surface area contributed by atoms with E-state index in [1.807, 2.05) is 47.0 Å². The van der Waals surface area contributed by atoms with Crippen LogP contribution in [0.15, 0.2) is 0 Å². The molecule has 0 aliphatic rings. The van der Waals surface area contributed by atoms with E-state index >= 15 is 0 Å². The Morgan fingerprint density at radius 3 is 1.00 bits per heavy atom. The highest BCUT2D eigenvalue weighted by atomic mass is 32.2. The Morgan fingerprint density at radius 2 is 0.750 bits per heavy atom. The molecule has 0 bridgehead atoms. The molecule has 11 heteroatoms. The zero-order chi connectivity index (χ0) is 18.6. The fourth-order valence-electron chi connectivity index (χ4n) is 1.23. The minimum atomic E-state index is 0. The Balaban J connectivity index is -0.0000000311. The molecule has 0 spiro atoms. The van der Waals surface area contributed by atoms with Crippen LogP contribution in [0.3, 0.4) is 0 Å². The highest BCUT2D eigenvalue weighted by Gasteiger charge is 2.09. The fraction of sp³-hybridized carbons (Fsp3) is 1.00. The molecule has 0 aromatic carbocycles. The standard InChI is InChI=1S/C8H18S6.C5H12S5.8CH4/c9-1-7(2-10)4-13-5-8(3-11)14-6-12;6-1-5(10-4-8)2-9-3-7;;;;;;;;/h7-12H,1-6H2;5-8H,1-4H2;8*1H4. The maximum absolute atomic E-state index is 4.32. The van der Waals surface area contributed by atoms with Crippen molar-refractivity contribution in [3.8, 4) is 0 Å². The summed E-state index contributed by atoms with van der Waals surface area (Å²) >= 11 is 37.1. The lowest BCUT2D eigenvalue weighted by atomic mass is 10.3. The molecular formula is C21H62S11. The van der Waals surface area contributed by atoms with Crippen molar-refractivity contribution in [1.82, 2.24) is 0 Å². The monoisotopic (exact) mass is 666 g/mol. The minimum Gasteiger partial charge on any atom is -0.179 e. The second-order valence-corrected chi connectivity index (χ2v) is 12.8.